The van der Waals surface area contributed by atoms with Crippen LogP contribution >= 0.6 is 0 Å². The number of nitriles is 1. The standard InChI is InChI=1S/C13H23N3O/c1-3-11(10-14)13(17)15-8-9-16(2)12-6-4-5-7-12/h11-12H,3-9H2,1-2H3,(H,15,17). The van der Waals surface area contributed by atoms with Crippen molar-refractivity contribution in [3.05, 3.63) is 0 Å². The van der Waals surface area contributed by atoms with Gasteiger partial charge in [-0.05, 0) is 26.3 Å². The monoisotopic (exact) mass is 237 g/mol. The first-order chi connectivity index (χ1) is 8.19. The van der Waals surface area contributed by atoms with E-state index in [-0.39, 0.29) is 5.91 Å². The van der Waals surface area contributed by atoms with E-state index in [9.17, 15) is 4.79 Å². The Morgan fingerprint density at radius 2 is 2.18 bits per heavy atom. The minimum Gasteiger partial charge on any atom is -0.354 e. The summed E-state index contributed by atoms with van der Waals surface area (Å²) in [6.45, 7) is 3.38. The maximum Gasteiger partial charge on any atom is 0.237 e. The maximum absolute atomic E-state index is 11.6. The van der Waals surface area contributed by atoms with Gasteiger partial charge >= 0.3 is 0 Å². The van der Waals surface area contributed by atoms with Gasteiger partial charge in [0.1, 0.15) is 5.92 Å². The topological polar surface area (TPSA) is 56.1 Å². The van der Waals surface area contributed by atoms with Crippen LogP contribution in [-0.2, 0) is 4.79 Å². The zero-order valence-corrected chi connectivity index (χ0v) is 10.9. The van der Waals surface area contributed by atoms with Crippen molar-refractivity contribution in [3.8, 4) is 6.07 Å². The van der Waals surface area contributed by atoms with Crippen LogP contribution in [0.3, 0.4) is 0 Å². The van der Waals surface area contributed by atoms with Gasteiger partial charge in [0.2, 0.25) is 5.91 Å². The number of hydrogen-bond acceptors (Lipinski definition) is 3. The van der Waals surface area contributed by atoms with Gasteiger partial charge in [0.15, 0.2) is 0 Å². The highest BCUT2D eigenvalue weighted by atomic mass is 16.1. The third-order valence-electron chi connectivity index (χ3n) is 3.59. The number of carbonyl (C=O) groups excluding carboxylic acids is 1. The van der Waals surface area contributed by atoms with Crippen LogP contribution < -0.4 is 5.32 Å². The molecule has 1 atom stereocenters. The minimum atomic E-state index is -0.494. The van der Waals surface area contributed by atoms with E-state index in [2.05, 4.69) is 17.3 Å². The lowest BCUT2D eigenvalue weighted by Crippen LogP contribution is -2.39. The van der Waals surface area contributed by atoms with E-state index in [1.807, 2.05) is 13.0 Å². The van der Waals surface area contributed by atoms with E-state index in [0.29, 0.717) is 19.0 Å². The van der Waals surface area contributed by atoms with Crippen molar-refractivity contribution in [2.45, 2.75) is 45.1 Å². The summed E-state index contributed by atoms with van der Waals surface area (Å²) in [6, 6.07) is 2.70. The molecule has 1 N–H and O–H groups in total. The predicted molar refractivity (Wildman–Crippen MR) is 67.3 cm³/mol. The molecule has 0 spiro atoms. The summed E-state index contributed by atoms with van der Waals surface area (Å²) in [4.78, 5) is 13.9. The molecule has 1 saturated carbocycles. The molecule has 1 unspecified atom stereocenters. The van der Waals surface area contributed by atoms with Gasteiger partial charge in [-0.1, -0.05) is 19.8 Å². The fourth-order valence-corrected chi connectivity index (χ4v) is 2.34. The van der Waals surface area contributed by atoms with Gasteiger partial charge in [0.05, 0.1) is 6.07 Å². The molecule has 96 valence electrons. The Morgan fingerprint density at radius 1 is 1.53 bits per heavy atom. The van der Waals surface area contributed by atoms with Crippen molar-refractivity contribution in [1.29, 1.82) is 5.26 Å². The van der Waals surface area contributed by atoms with Gasteiger partial charge in [-0.25, -0.2) is 0 Å². The molecule has 0 bridgehead atoms. The number of nitrogens with zero attached hydrogens (tertiary/aromatic N) is 2. The van der Waals surface area contributed by atoms with Crippen molar-refractivity contribution >= 4 is 5.91 Å². The van der Waals surface area contributed by atoms with Gasteiger partial charge in [0, 0.05) is 19.1 Å². The van der Waals surface area contributed by atoms with Crippen LogP contribution in [0.1, 0.15) is 39.0 Å². The first-order valence-corrected chi connectivity index (χ1v) is 6.56. The summed E-state index contributed by atoms with van der Waals surface area (Å²) < 4.78 is 0. The summed E-state index contributed by atoms with van der Waals surface area (Å²) in [5.41, 5.74) is 0. The lowest BCUT2D eigenvalue weighted by molar-refractivity contribution is -0.123. The molecule has 17 heavy (non-hydrogen) atoms. The zero-order chi connectivity index (χ0) is 12.7. The number of amides is 1. The van der Waals surface area contributed by atoms with E-state index in [4.69, 9.17) is 5.26 Å². The second-order valence-electron chi connectivity index (χ2n) is 4.80. The Morgan fingerprint density at radius 3 is 2.71 bits per heavy atom. The van der Waals surface area contributed by atoms with Crippen LogP contribution in [0.5, 0.6) is 0 Å². The number of likely N-dealkylation sites (N-methyl/N-ethyl adjacent to an activating group) is 1. The Balaban J connectivity index is 2.18. The molecule has 1 rings (SSSR count). The molecule has 4 nitrogen and oxygen atoms in total. The molecule has 0 aliphatic heterocycles. The van der Waals surface area contributed by atoms with E-state index < -0.39 is 5.92 Å². The maximum atomic E-state index is 11.6. The lowest BCUT2D eigenvalue weighted by Gasteiger charge is -2.24. The second kappa shape index (κ2) is 7.29. The molecule has 0 aromatic carbocycles. The van der Waals surface area contributed by atoms with E-state index in [1.54, 1.807) is 0 Å². The lowest BCUT2D eigenvalue weighted by atomic mass is 10.1. The molecule has 0 saturated heterocycles. The summed E-state index contributed by atoms with van der Waals surface area (Å²) in [5.74, 6) is -0.624. The van der Waals surface area contributed by atoms with Gasteiger partial charge < -0.3 is 10.2 Å². The van der Waals surface area contributed by atoms with Gasteiger partial charge in [0.25, 0.3) is 0 Å². The first-order valence-electron chi connectivity index (χ1n) is 6.56. The Kier molecular flexibility index (Phi) is 5.99. The highest BCUT2D eigenvalue weighted by Crippen LogP contribution is 2.21. The summed E-state index contributed by atoms with van der Waals surface area (Å²) in [7, 11) is 2.11. The van der Waals surface area contributed by atoms with Crippen LogP contribution in [0.2, 0.25) is 0 Å². The highest BCUT2D eigenvalue weighted by Gasteiger charge is 2.19. The fraction of sp³-hybridized carbons (Fsp3) is 0.846. The van der Waals surface area contributed by atoms with E-state index in [0.717, 1.165) is 6.54 Å². The van der Waals surface area contributed by atoms with Gasteiger partial charge in [-0.2, -0.15) is 5.26 Å². The van der Waals surface area contributed by atoms with Crippen molar-refractivity contribution in [2.24, 2.45) is 5.92 Å². The third-order valence-corrected chi connectivity index (χ3v) is 3.59. The molecule has 0 aromatic heterocycles. The highest BCUT2D eigenvalue weighted by molar-refractivity contribution is 5.80. The van der Waals surface area contributed by atoms with Crippen LogP contribution in [0.15, 0.2) is 0 Å². The smallest absolute Gasteiger partial charge is 0.237 e. The predicted octanol–water partition coefficient (Wildman–Crippen LogP) is 1.53. The van der Waals surface area contributed by atoms with Crippen LogP contribution in [-0.4, -0.2) is 37.0 Å². The van der Waals surface area contributed by atoms with Gasteiger partial charge in [-0.15, -0.1) is 0 Å². The molecule has 4 heteroatoms. The molecule has 1 aliphatic carbocycles. The molecule has 0 heterocycles. The van der Waals surface area contributed by atoms with Crippen LogP contribution in [0, 0.1) is 17.2 Å². The van der Waals surface area contributed by atoms with Crippen molar-refractivity contribution in [2.75, 3.05) is 20.1 Å². The molecule has 0 aromatic rings. The third kappa shape index (κ3) is 4.35. The SMILES string of the molecule is CCC(C#N)C(=O)NCCN(C)C1CCCC1. The second-order valence-corrected chi connectivity index (χ2v) is 4.80. The number of hydrogen-bond donors (Lipinski definition) is 1. The largest absolute Gasteiger partial charge is 0.354 e. The van der Waals surface area contributed by atoms with Crippen LogP contribution in [0.25, 0.3) is 0 Å². The fourth-order valence-electron chi connectivity index (χ4n) is 2.34. The summed E-state index contributed by atoms with van der Waals surface area (Å²) >= 11 is 0. The van der Waals surface area contributed by atoms with Crippen LogP contribution in [0.4, 0.5) is 0 Å². The number of nitrogens with one attached hydrogen (secondary N) is 1. The summed E-state index contributed by atoms with van der Waals surface area (Å²) in [5, 5.41) is 11.6. The normalized spacial score (nSPS) is 18.0. The molecule has 1 amide bonds. The quantitative estimate of drug-likeness (QED) is 0.762. The summed E-state index contributed by atoms with van der Waals surface area (Å²) in [6.07, 6.45) is 5.79. The van der Waals surface area contributed by atoms with Crippen molar-refractivity contribution in [3.63, 3.8) is 0 Å². The Bertz CT molecular complexity index is 279. The first kappa shape index (κ1) is 14.0. The van der Waals surface area contributed by atoms with Crippen molar-refractivity contribution in [1.82, 2.24) is 10.2 Å². The molecule has 1 fully saturated rings. The zero-order valence-electron chi connectivity index (χ0n) is 10.9. The Hall–Kier alpha value is -1.08. The number of carbonyl (C=O) groups is 1. The Labute approximate surface area is 104 Å². The van der Waals surface area contributed by atoms with Crippen molar-refractivity contribution < 1.29 is 4.79 Å². The molecular weight excluding hydrogens is 214 g/mol. The van der Waals surface area contributed by atoms with E-state index in [1.165, 1.54) is 25.7 Å². The average molecular weight is 237 g/mol. The number of rotatable bonds is 6. The molecule has 0 radical (unpaired) electrons. The van der Waals surface area contributed by atoms with E-state index >= 15 is 0 Å². The average Bonchev–Trinajstić information content (AvgIpc) is 2.84. The molecular formula is C13H23N3O. The van der Waals surface area contributed by atoms with Gasteiger partial charge in [-0.3, -0.25) is 4.79 Å². The minimum absolute atomic E-state index is 0.130. The molecule has 1 aliphatic rings.